The minimum Gasteiger partial charge on any atom is -0.467 e. The Morgan fingerprint density at radius 1 is 0.219 bits per heavy atom. The van der Waals surface area contributed by atoms with Crippen LogP contribution >= 0.6 is 0 Å². The van der Waals surface area contributed by atoms with E-state index in [-0.39, 0.29) is 35.2 Å². The molecule has 14 nitrogen and oxygen atoms in total. The van der Waals surface area contributed by atoms with Crippen molar-refractivity contribution >= 4 is 44.1 Å². The van der Waals surface area contributed by atoms with Gasteiger partial charge >= 0.3 is 0 Å². The third-order valence-corrected chi connectivity index (χ3v) is 31.2. The summed E-state index contributed by atoms with van der Waals surface area (Å²) in [6, 6.07) is 33.2. The summed E-state index contributed by atoms with van der Waals surface area (Å²) < 4.78 is 36.5. The first-order valence-electron chi connectivity index (χ1n) is 60.1. The normalized spacial score (nSPS) is 12.5. The average Bonchev–Trinajstić information content (AvgIpc) is 1.44. The Morgan fingerprint density at radius 2 is 0.425 bits per heavy atom. The monoisotopic (exact) mass is 2000 g/mol. The first-order chi connectivity index (χ1) is 70.8. The van der Waals surface area contributed by atoms with Crippen molar-refractivity contribution in [1.82, 2.24) is 39.9 Å². The third kappa shape index (κ3) is 37.9. The molecule has 9 aromatic rings. The zero-order chi connectivity index (χ0) is 104. The summed E-state index contributed by atoms with van der Waals surface area (Å²) in [6.07, 6.45) is 78.5. The number of ether oxygens (including phenoxy) is 6. The highest BCUT2D eigenvalue weighted by Gasteiger charge is 2.33. The number of H-pyrrole nitrogens is 2. The molecule has 2 N–H and O–H groups in total. The van der Waals surface area contributed by atoms with E-state index in [1.807, 2.05) is 0 Å². The first-order valence-corrected chi connectivity index (χ1v) is 60.1. The number of rotatable bonds is 74. The van der Waals surface area contributed by atoms with Crippen LogP contribution in [0.4, 0.5) is 0 Å². The number of nitrogens with zero attached hydrogens (tertiary/aromatic N) is 6. The molecule has 3 aromatic heterocycles. The van der Waals surface area contributed by atoms with Crippen LogP contribution in [0.25, 0.3) is 112 Å². The number of aromatic amines is 2. The topological polar surface area (TPSA) is 164 Å². The lowest BCUT2D eigenvalue weighted by atomic mass is 9.77. The second kappa shape index (κ2) is 63.4. The van der Waals surface area contributed by atoms with Crippen molar-refractivity contribution in [2.75, 3.05) is 54.2 Å². The van der Waals surface area contributed by atoms with Gasteiger partial charge in [-0.25, -0.2) is 29.9 Å². The molecule has 2 aliphatic heterocycles. The lowest BCUT2D eigenvalue weighted by Gasteiger charge is -2.30. The fourth-order valence-corrected chi connectivity index (χ4v) is 22.1. The summed E-state index contributed by atoms with van der Waals surface area (Å²) in [5, 5.41) is 4.14. The van der Waals surface area contributed by atoms with Gasteiger partial charge in [-0.3, -0.25) is 0 Å². The highest BCUT2D eigenvalue weighted by atomic mass is 16.7. The summed E-state index contributed by atoms with van der Waals surface area (Å²) in [5.41, 5.74) is 19.8. The number of hydrogen-bond acceptors (Lipinski definition) is 12. The van der Waals surface area contributed by atoms with E-state index in [0.717, 1.165) is 174 Å². The molecule has 0 saturated heterocycles. The lowest BCUT2D eigenvalue weighted by Crippen LogP contribution is -2.21. The number of benzene rings is 6. The van der Waals surface area contributed by atoms with Gasteiger partial charge in [0.1, 0.15) is 34.1 Å². The predicted molar refractivity (Wildman–Crippen MR) is 624 cm³/mol. The molecule has 0 radical (unpaired) electrons. The van der Waals surface area contributed by atoms with Gasteiger partial charge < -0.3 is 38.4 Å². The van der Waals surface area contributed by atoms with E-state index in [9.17, 15) is 0 Å². The van der Waals surface area contributed by atoms with Crippen molar-refractivity contribution in [3.63, 3.8) is 0 Å². The molecule has 806 valence electrons. The van der Waals surface area contributed by atoms with E-state index in [2.05, 4.69) is 206 Å². The fraction of sp³-hybridized carbons (Fsp3) is 0.667. The molecule has 0 saturated carbocycles. The van der Waals surface area contributed by atoms with Crippen molar-refractivity contribution in [3.05, 3.63) is 129 Å². The highest BCUT2D eigenvalue weighted by Crippen LogP contribution is 2.49. The summed E-state index contributed by atoms with van der Waals surface area (Å²) >= 11 is 0. The molecule has 5 heterocycles. The van der Waals surface area contributed by atoms with E-state index in [4.69, 9.17) is 58.3 Å². The van der Waals surface area contributed by atoms with Crippen LogP contribution in [0.2, 0.25) is 0 Å². The van der Waals surface area contributed by atoms with Gasteiger partial charge in [-0.1, -0.05) is 457 Å². The lowest BCUT2D eigenvalue weighted by molar-refractivity contribution is -0.0100. The Bertz CT molecular complexity index is 5090. The molecular weight excluding hydrogens is 1790 g/mol. The molecule has 0 spiro atoms. The number of unbranched alkanes of at least 4 members (excludes halogenated alkanes) is 52. The Hall–Kier alpha value is -7.88. The number of nitrogens with one attached hydrogen (secondary N) is 2. The average molecular weight is 2000 g/mol. The van der Waals surface area contributed by atoms with E-state index in [1.54, 1.807) is 14.2 Å². The summed E-state index contributed by atoms with van der Waals surface area (Å²) in [5.74, 6) is 4.15. The van der Waals surface area contributed by atoms with Crippen LogP contribution in [0.1, 0.15) is 515 Å². The van der Waals surface area contributed by atoms with Gasteiger partial charge in [0.25, 0.3) is 0 Å². The number of aromatic nitrogens is 8. The first kappa shape index (κ1) is 118. The van der Waals surface area contributed by atoms with Crippen molar-refractivity contribution in [2.45, 2.75) is 518 Å². The van der Waals surface area contributed by atoms with E-state index in [0.29, 0.717) is 49.7 Å². The molecule has 146 heavy (non-hydrogen) atoms. The van der Waals surface area contributed by atoms with Crippen LogP contribution in [0.5, 0.6) is 11.5 Å². The molecule has 11 rings (SSSR count). The maximum Gasteiger partial charge on any atom is 0.189 e. The van der Waals surface area contributed by atoms with Crippen molar-refractivity contribution in [1.29, 1.82) is 0 Å². The summed E-state index contributed by atoms with van der Waals surface area (Å²) in [7, 11) is 3.41. The van der Waals surface area contributed by atoms with Crippen LogP contribution < -0.4 is 9.47 Å². The van der Waals surface area contributed by atoms with E-state index >= 15 is 0 Å². The van der Waals surface area contributed by atoms with E-state index in [1.165, 1.54) is 356 Å². The Labute approximate surface area is 887 Å². The van der Waals surface area contributed by atoms with Crippen LogP contribution in [0.15, 0.2) is 84.9 Å². The van der Waals surface area contributed by atoms with Crippen LogP contribution in [-0.2, 0) is 66.3 Å². The Balaban J connectivity index is 1.10. The van der Waals surface area contributed by atoms with Gasteiger partial charge in [-0.2, -0.15) is 0 Å². The number of hydrogen-bond donors (Lipinski definition) is 2. The predicted octanol–water partition coefficient (Wildman–Crippen LogP) is 39.5. The molecule has 0 amide bonds. The van der Waals surface area contributed by atoms with Gasteiger partial charge in [-0.05, 0) is 190 Å². The van der Waals surface area contributed by atoms with Gasteiger partial charge in [0.05, 0.1) is 26.4 Å². The quantitative estimate of drug-likeness (QED) is 0.0274. The smallest absolute Gasteiger partial charge is 0.189 e. The molecule has 0 atom stereocenters. The largest absolute Gasteiger partial charge is 0.467 e. The Kier molecular flexibility index (Phi) is 51.4. The Morgan fingerprint density at radius 3 is 0.630 bits per heavy atom. The standard InChI is InChI=1S/C132H202N8O6/c1-19-23-27-31-35-39-43-47-51-55-59-63-67-71-75-99-87-111-113(89-101(99)77-73-69-65-61-57-53-49-45-41-37-33-29-25-21-3)127-137-123-110-92-104(106-95-117(131(11,12)13)120(118(96-106)132(14,15)16)146-98-144-86-84-142-18)80-82-108(110)122(134-123)136-126-112-88-100(76-72-68-64-60-56-52-48-44-40-36-32-28-24-20-2)102(78-74-70-66-62-58-54-50-46-42-38-34-30-26-22-4)90-114(112)128(140-126)138-124-109-91-103(79-81-107(109)121(133-124)135-125(111)139-127)105-93-115(129(5,6)7)119(116(94-105)130(8,9)10)145-97-143-85-83-141-17/h79-82,87-96H,19-78,83-86,97-98H2,1-18H3,(H2,133,134,135,136,137,138,139,140). The molecular formula is C132H202N8O6. The highest BCUT2D eigenvalue weighted by molar-refractivity contribution is 6.07. The molecule has 2 aliphatic rings. The molecule has 14 heteroatoms. The molecule has 0 fully saturated rings. The van der Waals surface area contributed by atoms with Gasteiger partial charge in [0.2, 0.25) is 0 Å². The zero-order valence-corrected chi connectivity index (χ0v) is 95.9. The van der Waals surface area contributed by atoms with Crippen molar-refractivity contribution in [2.24, 2.45) is 0 Å². The molecule has 8 bridgehead atoms. The SMILES string of the molecule is CCCCCCCCCCCCCCCCc1cc2c3nc4nc(nc5[nH]c(nc6nc(nc([nH]3)c2cc1CCCCCCCCCCCCCCCC)-c1cc(-c2cc(C(C)(C)C)c(OCOCCOC)c(C(C)(C)C)c2)ccc1-6)c1cc(CCCCCCCCCCCCCCCC)c(CCCCCCCCCCCCCCCC)cc51)-c1cc(-c2cc(C(C)(C)C)c(OCOCCOC)c(C(C)(C)C)c2)ccc1-4. The van der Waals surface area contributed by atoms with E-state index < -0.39 is 0 Å². The minimum atomic E-state index is -0.291. The van der Waals surface area contributed by atoms with Crippen LogP contribution in [0.3, 0.4) is 0 Å². The van der Waals surface area contributed by atoms with Gasteiger partial charge in [0, 0.05) is 80.3 Å². The summed E-state index contributed by atoms with van der Waals surface area (Å²) in [6.45, 7) is 38.8. The van der Waals surface area contributed by atoms with Gasteiger partial charge in [0.15, 0.2) is 36.9 Å². The molecule has 0 aliphatic carbocycles. The van der Waals surface area contributed by atoms with Gasteiger partial charge in [-0.15, -0.1) is 0 Å². The minimum absolute atomic E-state index is 0.119. The second-order valence-corrected chi connectivity index (χ2v) is 48.0. The van der Waals surface area contributed by atoms with Crippen LogP contribution in [0, 0.1) is 0 Å². The summed E-state index contributed by atoms with van der Waals surface area (Å²) in [4.78, 5) is 43.5. The second-order valence-electron chi connectivity index (χ2n) is 48.0. The number of methoxy groups -OCH3 is 2. The van der Waals surface area contributed by atoms with Crippen molar-refractivity contribution < 1.29 is 28.4 Å². The maximum absolute atomic E-state index is 6.79. The third-order valence-electron chi connectivity index (χ3n) is 31.2. The van der Waals surface area contributed by atoms with Crippen molar-refractivity contribution in [3.8, 4) is 79.3 Å². The van der Waals surface area contributed by atoms with Crippen LogP contribution in [-0.4, -0.2) is 94.1 Å². The number of fused-ring (bicyclic) bond motifs is 20. The zero-order valence-electron chi connectivity index (χ0n) is 95.9. The maximum atomic E-state index is 6.79. The molecule has 0 unspecified atom stereocenters. The molecule has 6 aromatic carbocycles. The fourth-order valence-electron chi connectivity index (χ4n) is 22.1. The number of aryl methyl sites for hydroxylation is 4.